The second kappa shape index (κ2) is 3.45. The van der Waals surface area contributed by atoms with E-state index in [-0.39, 0.29) is 5.41 Å². The number of aliphatic hydroxyl groups is 1. The molecule has 0 saturated carbocycles. The third-order valence-electron chi connectivity index (χ3n) is 1.25. The average Bonchev–Trinajstić information content (AvgIpc) is 1.80. The molecule has 1 N–H and O–H groups in total. The Morgan fingerprint density at radius 2 is 2.00 bits per heavy atom. The molecule has 1 heteroatoms. The lowest BCUT2D eigenvalue weighted by Gasteiger charge is -2.16. The topological polar surface area (TPSA) is 20.2 Å². The summed E-state index contributed by atoms with van der Waals surface area (Å²) in [4.78, 5) is 0. The van der Waals surface area contributed by atoms with E-state index < -0.39 is 0 Å². The third-order valence-corrected chi connectivity index (χ3v) is 1.25. The molecule has 0 aliphatic rings. The lowest BCUT2D eigenvalue weighted by molar-refractivity contribution is 0.276. The SMILES string of the molecule is C=CCC=C(O)C(C)(C)C. The molecule has 0 aromatic carbocycles. The number of rotatable bonds is 2. The number of allylic oxidation sites excluding steroid dienone is 3. The fraction of sp³-hybridized carbons (Fsp3) is 0.556. The van der Waals surface area contributed by atoms with Gasteiger partial charge in [-0.1, -0.05) is 26.8 Å². The summed E-state index contributed by atoms with van der Waals surface area (Å²) < 4.78 is 0. The molecule has 1 nitrogen and oxygen atoms in total. The fourth-order valence-corrected chi connectivity index (χ4v) is 0.501. The van der Waals surface area contributed by atoms with Gasteiger partial charge in [-0.3, -0.25) is 0 Å². The maximum Gasteiger partial charge on any atom is 0.0939 e. The van der Waals surface area contributed by atoms with Crippen molar-refractivity contribution in [3.05, 3.63) is 24.5 Å². The quantitative estimate of drug-likeness (QED) is 0.461. The Morgan fingerprint density at radius 1 is 1.50 bits per heavy atom. The van der Waals surface area contributed by atoms with Crippen molar-refractivity contribution >= 4 is 0 Å². The van der Waals surface area contributed by atoms with Crippen molar-refractivity contribution < 1.29 is 5.11 Å². The zero-order valence-electron chi connectivity index (χ0n) is 7.02. The van der Waals surface area contributed by atoms with Crippen molar-refractivity contribution in [1.29, 1.82) is 0 Å². The van der Waals surface area contributed by atoms with Gasteiger partial charge in [0, 0.05) is 5.41 Å². The van der Waals surface area contributed by atoms with Gasteiger partial charge in [0.15, 0.2) is 0 Å². The molecule has 0 aromatic heterocycles. The zero-order valence-corrected chi connectivity index (χ0v) is 7.02. The van der Waals surface area contributed by atoms with Gasteiger partial charge in [0.25, 0.3) is 0 Å². The monoisotopic (exact) mass is 140 g/mol. The summed E-state index contributed by atoms with van der Waals surface area (Å²) in [5.74, 6) is 0.437. The minimum atomic E-state index is -0.122. The van der Waals surface area contributed by atoms with Crippen molar-refractivity contribution in [3.8, 4) is 0 Å². The highest BCUT2D eigenvalue weighted by atomic mass is 16.3. The Balaban J connectivity index is 4.05. The third kappa shape index (κ3) is 3.33. The van der Waals surface area contributed by atoms with Crippen LogP contribution in [0.3, 0.4) is 0 Å². The Bertz CT molecular complexity index is 137. The highest BCUT2D eigenvalue weighted by molar-refractivity contribution is 5.02. The van der Waals surface area contributed by atoms with Gasteiger partial charge in [0.05, 0.1) is 5.76 Å². The van der Waals surface area contributed by atoms with E-state index in [9.17, 15) is 5.11 Å². The molecule has 10 heavy (non-hydrogen) atoms. The highest BCUT2D eigenvalue weighted by Gasteiger charge is 2.14. The summed E-state index contributed by atoms with van der Waals surface area (Å²) >= 11 is 0. The van der Waals surface area contributed by atoms with Gasteiger partial charge in [-0.15, -0.1) is 6.58 Å². The van der Waals surface area contributed by atoms with E-state index in [1.54, 1.807) is 12.2 Å². The maximum atomic E-state index is 9.33. The molecule has 0 unspecified atom stereocenters. The second-order valence-corrected chi connectivity index (χ2v) is 3.36. The average molecular weight is 140 g/mol. The molecule has 0 aliphatic carbocycles. The highest BCUT2D eigenvalue weighted by Crippen LogP contribution is 2.22. The summed E-state index contributed by atoms with van der Waals surface area (Å²) in [7, 11) is 0. The van der Waals surface area contributed by atoms with E-state index in [0.29, 0.717) is 5.76 Å². The Morgan fingerprint density at radius 3 is 2.30 bits per heavy atom. The second-order valence-electron chi connectivity index (χ2n) is 3.36. The summed E-state index contributed by atoms with van der Waals surface area (Å²) in [5, 5.41) is 9.33. The van der Waals surface area contributed by atoms with Gasteiger partial charge in [-0.25, -0.2) is 0 Å². The van der Waals surface area contributed by atoms with Crippen LogP contribution in [0.1, 0.15) is 27.2 Å². The Labute approximate surface area is 63.1 Å². The smallest absolute Gasteiger partial charge is 0.0939 e. The summed E-state index contributed by atoms with van der Waals surface area (Å²) in [6, 6.07) is 0. The molecule has 58 valence electrons. The molecular weight excluding hydrogens is 124 g/mol. The predicted octanol–water partition coefficient (Wildman–Crippen LogP) is 3.05. The van der Waals surface area contributed by atoms with E-state index in [1.807, 2.05) is 20.8 Å². The lowest BCUT2D eigenvalue weighted by Crippen LogP contribution is -2.08. The van der Waals surface area contributed by atoms with Gasteiger partial charge in [0.1, 0.15) is 0 Å². The van der Waals surface area contributed by atoms with Crippen LogP contribution < -0.4 is 0 Å². The van der Waals surface area contributed by atoms with Crippen LogP contribution in [-0.4, -0.2) is 5.11 Å². The van der Waals surface area contributed by atoms with E-state index in [0.717, 1.165) is 6.42 Å². The summed E-state index contributed by atoms with van der Waals surface area (Å²) in [5.41, 5.74) is -0.122. The number of hydrogen-bond acceptors (Lipinski definition) is 1. The number of hydrogen-bond donors (Lipinski definition) is 1. The summed E-state index contributed by atoms with van der Waals surface area (Å²) in [6.07, 6.45) is 4.29. The van der Waals surface area contributed by atoms with Crippen molar-refractivity contribution in [3.63, 3.8) is 0 Å². The minimum Gasteiger partial charge on any atom is -0.512 e. The van der Waals surface area contributed by atoms with E-state index in [4.69, 9.17) is 0 Å². The van der Waals surface area contributed by atoms with Crippen LogP contribution in [0.4, 0.5) is 0 Å². The van der Waals surface area contributed by atoms with Crippen molar-refractivity contribution in [2.45, 2.75) is 27.2 Å². The van der Waals surface area contributed by atoms with Crippen molar-refractivity contribution in [2.75, 3.05) is 0 Å². The van der Waals surface area contributed by atoms with Gasteiger partial charge >= 0.3 is 0 Å². The van der Waals surface area contributed by atoms with E-state index in [2.05, 4.69) is 6.58 Å². The minimum absolute atomic E-state index is 0.122. The van der Waals surface area contributed by atoms with Gasteiger partial charge < -0.3 is 5.11 Å². The van der Waals surface area contributed by atoms with Crippen LogP contribution in [0.5, 0.6) is 0 Å². The molecule has 0 rings (SSSR count). The zero-order chi connectivity index (χ0) is 8.20. The van der Waals surface area contributed by atoms with E-state index in [1.165, 1.54) is 0 Å². The molecule has 0 atom stereocenters. The molecule has 0 bridgehead atoms. The summed E-state index contributed by atoms with van der Waals surface area (Å²) in [6.45, 7) is 9.48. The largest absolute Gasteiger partial charge is 0.512 e. The Kier molecular flexibility index (Phi) is 3.20. The van der Waals surface area contributed by atoms with Crippen LogP contribution in [-0.2, 0) is 0 Å². The molecule has 0 amide bonds. The lowest BCUT2D eigenvalue weighted by atomic mass is 9.93. The maximum absolute atomic E-state index is 9.33. The first-order valence-corrected chi connectivity index (χ1v) is 3.49. The molecule has 0 aliphatic heterocycles. The molecule has 0 aromatic rings. The van der Waals surface area contributed by atoms with Gasteiger partial charge in [0.2, 0.25) is 0 Å². The van der Waals surface area contributed by atoms with Crippen LogP contribution in [0.25, 0.3) is 0 Å². The Hall–Kier alpha value is -0.720. The first-order valence-electron chi connectivity index (χ1n) is 3.49. The van der Waals surface area contributed by atoms with Gasteiger partial charge in [-0.05, 0) is 12.5 Å². The first-order chi connectivity index (χ1) is 4.48. The predicted molar refractivity (Wildman–Crippen MR) is 45.0 cm³/mol. The molecular formula is C9H16O. The number of aliphatic hydroxyl groups excluding tert-OH is 1. The fourth-order valence-electron chi connectivity index (χ4n) is 0.501. The van der Waals surface area contributed by atoms with Gasteiger partial charge in [-0.2, -0.15) is 0 Å². The molecule has 0 saturated heterocycles. The van der Waals surface area contributed by atoms with Crippen molar-refractivity contribution in [2.24, 2.45) is 5.41 Å². The standard InChI is InChI=1S/C9H16O/c1-5-6-7-8(10)9(2,3)4/h5,7,10H,1,6H2,2-4H3. The first kappa shape index (κ1) is 9.28. The molecule has 0 heterocycles. The van der Waals surface area contributed by atoms with Crippen LogP contribution >= 0.6 is 0 Å². The van der Waals surface area contributed by atoms with Crippen LogP contribution in [0.2, 0.25) is 0 Å². The molecule has 0 spiro atoms. The van der Waals surface area contributed by atoms with Crippen LogP contribution in [0.15, 0.2) is 24.5 Å². The molecule has 0 radical (unpaired) electrons. The van der Waals surface area contributed by atoms with E-state index >= 15 is 0 Å². The van der Waals surface area contributed by atoms with Crippen LogP contribution in [0, 0.1) is 5.41 Å². The van der Waals surface area contributed by atoms with Crippen molar-refractivity contribution in [1.82, 2.24) is 0 Å². The normalized spacial score (nSPS) is 13.3. The molecule has 0 fully saturated rings.